The average Bonchev–Trinajstić information content (AvgIpc) is 2.43. The van der Waals surface area contributed by atoms with Gasteiger partial charge in [-0.2, -0.15) is 0 Å². The standard InChI is InChI=1S/C14H22N2O4/c1-3-5-6-11(14(19)20-4-2)16-13(18)10-7-8-15-12(17)9-10/h3,5,10-11H,4,6-9H2,1-2H3,(H,15,17)(H,16,18). The summed E-state index contributed by atoms with van der Waals surface area (Å²) in [5.74, 6) is -1.20. The van der Waals surface area contributed by atoms with Gasteiger partial charge in [0.1, 0.15) is 6.04 Å². The molecule has 1 fully saturated rings. The zero-order valence-electron chi connectivity index (χ0n) is 12.0. The highest BCUT2D eigenvalue weighted by Gasteiger charge is 2.29. The Kier molecular flexibility index (Phi) is 6.76. The lowest BCUT2D eigenvalue weighted by molar-refractivity contribution is -0.148. The number of allylic oxidation sites excluding steroid dienone is 1. The largest absolute Gasteiger partial charge is 0.464 e. The molecular weight excluding hydrogens is 260 g/mol. The van der Waals surface area contributed by atoms with Gasteiger partial charge in [-0.1, -0.05) is 12.2 Å². The van der Waals surface area contributed by atoms with Crippen molar-refractivity contribution < 1.29 is 19.1 Å². The molecule has 2 atom stereocenters. The van der Waals surface area contributed by atoms with E-state index in [1.54, 1.807) is 13.0 Å². The van der Waals surface area contributed by atoms with E-state index in [9.17, 15) is 14.4 Å². The van der Waals surface area contributed by atoms with Crippen LogP contribution in [0.5, 0.6) is 0 Å². The van der Waals surface area contributed by atoms with Crippen LogP contribution in [0.3, 0.4) is 0 Å². The highest BCUT2D eigenvalue weighted by Crippen LogP contribution is 2.13. The second kappa shape index (κ2) is 8.35. The van der Waals surface area contributed by atoms with Crippen LogP contribution in [0.4, 0.5) is 0 Å². The molecular formula is C14H22N2O4. The van der Waals surface area contributed by atoms with Gasteiger partial charge in [0.2, 0.25) is 11.8 Å². The first-order chi connectivity index (χ1) is 9.58. The maximum atomic E-state index is 12.1. The lowest BCUT2D eigenvalue weighted by atomic mass is 9.96. The van der Waals surface area contributed by atoms with Crippen LogP contribution >= 0.6 is 0 Å². The molecule has 2 N–H and O–H groups in total. The van der Waals surface area contributed by atoms with Gasteiger partial charge in [-0.15, -0.1) is 0 Å². The van der Waals surface area contributed by atoms with Crippen molar-refractivity contribution in [2.75, 3.05) is 13.2 Å². The summed E-state index contributed by atoms with van der Waals surface area (Å²) in [6.07, 6.45) is 4.77. The van der Waals surface area contributed by atoms with Crippen molar-refractivity contribution >= 4 is 17.8 Å². The van der Waals surface area contributed by atoms with Crippen molar-refractivity contribution in [3.63, 3.8) is 0 Å². The quantitative estimate of drug-likeness (QED) is 0.549. The first kappa shape index (κ1) is 16.2. The van der Waals surface area contributed by atoms with Crippen molar-refractivity contribution in [2.24, 2.45) is 5.92 Å². The van der Waals surface area contributed by atoms with E-state index in [0.29, 0.717) is 19.4 Å². The number of rotatable bonds is 6. The minimum Gasteiger partial charge on any atom is -0.464 e. The molecule has 0 radical (unpaired) electrons. The third-order valence-electron chi connectivity index (χ3n) is 3.11. The van der Waals surface area contributed by atoms with Crippen molar-refractivity contribution in [1.82, 2.24) is 10.6 Å². The first-order valence-electron chi connectivity index (χ1n) is 6.93. The van der Waals surface area contributed by atoms with Crippen molar-refractivity contribution in [3.8, 4) is 0 Å². The van der Waals surface area contributed by atoms with Crippen LogP contribution in [0.1, 0.15) is 33.1 Å². The molecule has 6 heteroatoms. The van der Waals surface area contributed by atoms with Crippen LogP contribution < -0.4 is 10.6 Å². The number of hydrogen-bond acceptors (Lipinski definition) is 4. The average molecular weight is 282 g/mol. The number of piperidine rings is 1. The number of carbonyl (C=O) groups is 3. The number of carbonyl (C=O) groups excluding carboxylic acids is 3. The number of nitrogens with one attached hydrogen (secondary N) is 2. The Balaban J connectivity index is 2.60. The molecule has 0 aliphatic carbocycles. The molecule has 0 aromatic carbocycles. The summed E-state index contributed by atoms with van der Waals surface area (Å²) in [5, 5.41) is 5.36. The fraction of sp³-hybridized carbons (Fsp3) is 0.643. The van der Waals surface area contributed by atoms with Crippen molar-refractivity contribution in [1.29, 1.82) is 0 Å². The van der Waals surface area contributed by atoms with E-state index < -0.39 is 12.0 Å². The molecule has 20 heavy (non-hydrogen) atoms. The Hall–Kier alpha value is -1.85. The third kappa shape index (κ3) is 5.03. The lowest BCUT2D eigenvalue weighted by Crippen LogP contribution is -2.47. The van der Waals surface area contributed by atoms with Crippen LogP contribution in [0, 0.1) is 5.92 Å². The van der Waals surface area contributed by atoms with Crippen molar-refractivity contribution in [2.45, 2.75) is 39.2 Å². The zero-order valence-corrected chi connectivity index (χ0v) is 12.0. The highest BCUT2D eigenvalue weighted by molar-refractivity contribution is 5.89. The van der Waals surface area contributed by atoms with Crippen LogP contribution in [-0.2, 0) is 19.1 Å². The monoisotopic (exact) mass is 282 g/mol. The third-order valence-corrected chi connectivity index (χ3v) is 3.11. The van der Waals surface area contributed by atoms with Gasteiger partial charge in [0.15, 0.2) is 0 Å². The molecule has 1 heterocycles. The Morgan fingerprint density at radius 2 is 2.30 bits per heavy atom. The van der Waals surface area contributed by atoms with Gasteiger partial charge in [0, 0.05) is 18.9 Å². The number of hydrogen-bond donors (Lipinski definition) is 2. The summed E-state index contributed by atoms with van der Waals surface area (Å²) in [4.78, 5) is 35.2. The highest BCUT2D eigenvalue weighted by atomic mass is 16.5. The van der Waals surface area contributed by atoms with Crippen LogP contribution in [0.2, 0.25) is 0 Å². The number of ether oxygens (including phenoxy) is 1. The van der Waals surface area contributed by atoms with Gasteiger partial charge in [0.05, 0.1) is 6.61 Å². The van der Waals surface area contributed by atoms with Gasteiger partial charge in [0.25, 0.3) is 0 Å². The second-order valence-electron chi connectivity index (χ2n) is 4.66. The Morgan fingerprint density at radius 1 is 1.55 bits per heavy atom. The summed E-state index contributed by atoms with van der Waals surface area (Å²) in [6.45, 7) is 4.33. The predicted octanol–water partition coefficient (Wildman–Crippen LogP) is 0.527. The molecule has 112 valence electrons. The topological polar surface area (TPSA) is 84.5 Å². The van der Waals surface area contributed by atoms with Gasteiger partial charge in [-0.05, 0) is 26.7 Å². The number of amides is 2. The summed E-state index contributed by atoms with van der Waals surface area (Å²) in [7, 11) is 0. The van der Waals surface area contributed by atoms with Gasteiger partial charge in [-0.3, -0.25) is 9.59 Å². The maximum Gasteiger partial charge on any atom is 0.328 e. The lowest BCUT2D eigenvalue weighted by Gasteiger charge is -2.23. The molecule has 1 saturated heterocycles. The van der Waals surface area contributed by atoms with E-state index in [0.717, 1.165) is 0 Å². The van der Waals surface area contributed by atoms with E-state index in [1.807, 2.05) is 13.0 Å². The summed E-state index contributed by atoms with van der Waals surface area (Å²) < 4.78 is 4.94. The minimum absolute atomic E-state index is 0.127. The molecule has 6 nitrogen and oxygen atoms in total. The zero-order chi connectivity index (χ0) is 15.0. The molecule has 2 unspecified atom stereocenters. The number of esters is 1. The van der Waals surface area contributed by atoms with Crippen LogP contribution in [-0.4, -0.2) is 37.0 Å². The fourth-order valence-corrected chi connectivity index (χ4v) is 2.03. The molecule has 1 rings (SSSR count). The normalized spacial score (nSPS) is 20.3. The van der Waals surface area contributed by atoms with Crippen LogP contribution in [0.15, 0.2) is 12.2 Å². The SMILES string of the molecule is CC=CCC(NC(=O)C1CCNC(=O)C1)C(=O)OCC. The Bertz CT molecular complexity index is 393. The summed E-state index contributed by atoms with van der Waals surface area (Å²) in [5.41, 5.74) is 0. The summed E-state index contributed by atoms with van der Waals surface area (Å²) in [6, 6.07) is -0.691. The Morgan fingerprint density at radius 3 is 2.90 bits per heavy atom. The van der Waals surface area contributed by atoms with E-state index in [4.69, 9.17) is 4.74 Å². The Labute approximate surface area is 118 Å². The van der Waals surface area contributed by atoms with E-state index in [-0.39, 0.29) is 30.8 Å². The van der Waals surface area contributed by atoms with E-state index >= 15 is 0 Å². The van der Waals surface area contributed by atoms with Crippen molar-refractivity contribution in [3.05, 3.63) is 12.2 Å². The van der Waals surface area contributed by atoms with Gasteiger partial charge in [-0.25, -0.2) is 4.79 Å². The van der Waals surface area contributed by atoms with Gasteiger partial charge < -0.3 is 15.4 Å². The maximum absolute atomic E-state index is 12.1. The fourth-order valence-electron chi connectivity index (χ4n) is 2.03. The first-order valence-corrected chi connectivity index (χ1v) is 6.93. The predicted molar refractivity (Wildman–Crippen MR) is 73.7 cm³/mol. The molecule has 1 aliphatic rings. The molecule has 0 spiro atoms. The molecule has 2 amide bonds. The molecule has 0 bridgehead atoms. The molecule has 0 aromatic heterocycles. The van der Waals surface area contributed by atoms with Gasteiger partial charge >= 0.3 is 5.97 Å². The smallest absolute Gasteiger partial charge is 0.328 e. The van der Waals surface area contributed by atoms with E-state index in [2.05, 4.69) is 10.6 Å². The van der Waals surface area contributed by atoms with E-state index in [1.165, 1.54) is 0 Å². The molecule has 0 saturated carbocycles. The van der Waals surface area contributed by atoms with Crippen LogP contribution in [0.25, 0.3) is 0 Å². The molecule has 1 aliphatic heterocycles. The minimum atomic E-state index is -0.691. The molecule has 0 aromatic rings. The summed E-state index contributed by atoms with van der Waals surface area (Å²) >= 11 is 0. The second-order valence-corrected chi connectivity index (χ2v) is 4.66.